The zero-order valence-electron chi connectivity index (χ0n) is 19.4. The summed E-state index contributed by atoms with van der Waals surface area (Å²) in [7, 11) is -2.24. The lowest BCUT2D eigenvalue weighted by Gasteiger charge is -2.26. The van der Waals surface area contributed by atoms with Gasteiger partial charge in [0.25, 0.3) is 0 Å². The molecular weight excluding hydrogens is 471 g/mol. The number of para-hydroxylation sites is 2. The fourth-order valence-electron chi connectivity index (χ4n) is 3.94. The van der Waals surface area contributed by atoms with Gasteiger partial charge in [0.05, 0.1) is 24.1 Å². The number of nitrogens with zero attached hydrogens (tertiary/aromatic N) is 1. The van der Waals surface area contributed by atoms with Crippen LogP contribution in [-0.4, -0.2) is 38.8 Å². The van der Waals surface area contributed by atoms with Gasteiger partial charge in [0.2, 0.25) is 15.9 Å². The molecule has 7 nitrogen and oxygen atoms in total. The highest BCUT2D eigenvalue weighted by molar-refractivity contribution is 7.89. The Hall–Kier alpha value is -3.43. The van der Waals surface area contributed by atoms with Gasteiger partial charge in [0.15, 0.2) is 17.2 Å². The summed E-state index contributed by atoms with van der Waals surface area (Å²) in [4.78, 5) is 12.9. The molecule has 4 rings (SSSR count). The SMILES string of the molecule is COc1ccccc1Oc1ccc(S(=O)(=O)N2CCCCC2)cc1NC(=O)Cc1ccccc1F. The highest BCUT2D eigenvalue weighted by atomic mass is 32.2. The van der Waals surface area contributed by atoms with Gasteiger partial charge in [0, 0.05) is 13.1 Å². The summed E-state index contributed by atoms with van der Waals surface area (Å²) in [6.45, 7) is 0.910. The van der Waals surface area contributed by atoms with Crippen LogP contribution in [0.25, 0.3) is 0 Å². The van der Waals surface area contributed by atoms with Crippen molar-refractivity contribution in [3.8, 4) is 17.2 Å². The minimum absolute atomic E-state index is 0.0490. The fourth-order valence-corrected chi connectivity index (χ4v) is 5.49. The summed E-state index contributed by atoms with van der Waals surface area (Å²) in [5.41, 5.74) is 0.393. The van der Waals surface area contributed by atoms with Gasteiger partial charge in [-0.2, -0.15) is 4.31 Å². The number of benzene rings is 3. The number of piperidine rings is 1. The maximum atomic E-state index is 14.1. The monoisotopic (exact) mass is 498 g/mol. The zero-order valence-corrected chi connectivity index (χ0v) is 20.2. The largest absolute Gasteiger partial charge is 0.493 e. The summed E-state index contributed by atoms with van der Waals surface area (Å²) in [6.07, 6.45) is 2.39. The molecule has 3 aromatic rings. The molecule has 35 heavy (non-hydrogen) atoms. The fraction of sp³-hybridized carbons (Fsp3) is 0.269. The molecule has 1 aliphatic heterocycles. The van der Waals surface area contributed by atoms with E-state index < -0.39 is 21.7 Å². The van der Waals surface area contributed by atoms with Gasteiger partial charge in [0.1, 0.15) is 5.82 Å². The Morgan fingerprint density at radius 1 is 0.943 bits per heavy atom. The number of nitrogens with one attached hydrogen (secondary N) is 1. The van der Waals surface area contributed by atoms with Gasteiger partial charge in [-0.25, -0.2) is 12.8 Å². The van der Waals surface area contributed by atoms with Gasteiger partial charge < -0.3 is 14.8 Å². The lowest BCUT2D eigenvalue weighted by molar-refractivity contribution is -0.115. The van der Waals surface area contributed by atoms with Crippen LogP contribution in [0.3, 0.4) is 0 Å². The van der Waals surface area contributed by atoms with E-state index >= 15 is 0 Å². The number of carbonyl (C=O) groups is 1. The quantitative estimate of drug-likeness (QED) is 0.473. The predicted molar refractivity (Wildman–Crippen MR) is 131 cm³/mol. The molecule has 1 N–H and O–H groups in total. The molecule has 0 radical (unpaired) electrons. The van der Waals surface area contributed by atoms with E-state index in [1.807, 2.05) is 0 Å². The molecule has 0 bridgehead atoms. The molecule has 0 aliphatic carbocycles. The van der Waals surface area contributed by atoms with Crippen molar-refractivity contribution in [1.29, 1.82) is 0 Å². The molecule has 0 aromatic heterocycles. The molecule has 9 heteroatoms. The molecule has 0 spiro atoms. The van der Waals surface area contributed by atoms with Crippen LogP contribution in [0.5, 0.6) is 17.2 Å². The summed E-state index contributed by atoms with van der Waals surface area (Å²) in [5.74, 6) is 0.100. The number of ether oxygens (including phenoxy) is 2. The first-order valence-corrected chi connectivity index (χ1v) is 12.8. The van der Waals surface area contributed by atoms with Gasteiger partial charge in [-0.3, -0.25) is 4.79 Å². The van der Waals surface area contributed by atoms with Crippen molar-refractivity contribution in [2.24, 2.45) is 0 Å². The number of anilines is 1. The zero-order chi connectivity index (χ0) is 24.8. The van der Waals surface area contributed by atoms with Crippen LogP contribution in [0, 0.1) is 5.82 Å². The standard InChI is InChI=1S/C26H27FN2O5S/c1-33-24-11-5-6-12-25(24)34-23-14-13-20(35(31,32)29-15-7-2-8-16-29)18-22(23)28-26(30)17-19-9-3-4-10-21(19)27/h3-6,9-14,18H,2,7-8,15-17H2,1H3,(H,28,30). The second kappa shape index (κ2) is 10.9. The van der Waals surface area contributed by atoms with E-state index in [9.17, 15) is 17.6 Å². The van der Waals surface area contributed by atoms with Gasteiger partial charge in [-0.15, -0.1) is 0 Å². The second-order valence-corrected chi connectivity index (χ2v) is 10.1. The first-order chi connectivity index (χ1) is 16.9. The second-order valence-electron chi connectivity index (χ2n) is 8.19. The number of hydrogen-bond donors (Lipinski definition) is 1. The van der Waals surface area contributed by atoms with Gasteiger partial charge in [-0.1, -0.05) is 36.8 Å². The van der Waals surface area contributed by atoms with E-state index in [0.717, 1.165) is 19.3 Å². The van der Waals surface area contributed by atoms with Gasteiger partial charge in [-0.05, 0) is 54.8 Å². The minimum atomic E-state index is -3.75. The maximum absolute atomic E-state index is 14.1. The molecule has 184 valence electrons. The number of sulfonamides is 1. The Balaban J connectivity index is 1.67. The summed E-state index contributed by atoms with van der Waals surface area (Å²) in [6, 6.07) is 17.3. The van der Waals surface area contributed by atoms with Crippen molar-refractivity contribution >= 4 is 21.6 Å². The van der Waals surface area contributed by atoms with Crippen LogP contribution in [0.15, 0.2) is 71.6 Å². The Morgan fingerprint density at radius 3 is 2.34 bits per heavy atom. The van der Waals surface area contributed by atoms with Crippen molar-refractivity contribution in [3.63, 3.8) is 0 Å². The van der Waals surface area contributed by atoms with Gasteiger partial charge >= 0.3 is 0 Å². The third-order valence-electron chi connectivity index (χ3n) is 5.78. The van der Waals surface area contributed by atoms with Crippen LogP contribution in [0.1, 0.15) is 24.8 Å². The van der Waals surface area contributed by atoms with Crippen LogP contribution >= 0.6 is 0 Å². The summed E-state index contributed by atoms with van der Waals surface area (Å²) >= 11 is 0. The van der Waals surface area contributed by atoms with E-state index in [4.69, 9.17) is 9.47 Å². The van der Waals surface area contributed by atoms with Crippen LogP contribution < -0.4 is 14.8 Å². The molecule has 3 aromatic carbocycles. The van der Waals surface area contributed by atoms with E-state index in [0.29, 0.717) is 24.6 Å². The third-order valence-corrected chi connectivity index (χ3v) is 7.67. The Bertz CT molecular complexity index is 1310. The molecule has 0 unspecified atom stereocenters. The lowest BCUT2D eigenvalue weighted by atomic mass is 10.1. The average molecular weight is 499 g/mol. The predicted octanol–water partition coefficient (Wildman–Crippen LogP) is 4.98. The first kappa shape index (κ1) is 24.7. The van der Waals surface area contributed by atoms with E-state index in [2.05, 4.69) is 5.32 Å². The summed E-state index contributed by atoms with van der Waals surface area (Å²) < 4.78 is 53.3. The molecule has 1 aliphatic rings. The topological polar surface area (TPSA) is 84.9 Å². The lowest BCUT2D eigenvalue weighted by Crippen LogP contribution is -2.35. The van der Waals surface area contributed by atoms with E-state index in [1.54, 1.807) is 36.4 Å². The van der Waals surface area contributed by atoms with Crippen molar-refractivity contribution in [1.82, 2.24) is 4.31 Å². The van der Waals surface area contributed by atoms with Crippen LogP contribution in [0.2, 0.25) is 0 Å². The molecule has 0 saturated carbocycles. The van der Waals surface area contributed by atoms with Crippen LogP contribution in [-0.2, 0) is 21.2 Å². The number of methoxy groups -OCH3 is 1. The molecule has 1 fully saturated rings. The van der Waals surface area contributed by atoms with Crippen molar-refractivity contribution in [3.05, 3.63) is 78.1 Å². The van der Waals surface area contributed by atoms with Crippen molar-refractivity contribution in [2.75, 3.05) is 25.5 Å². The molecule has 1 amide bonds. The average Bonchev–Trinajstić information content (AvgIpc) is 2.87. The normalized spacial score (nSPS) is 14.3. The third kappa shape index (κ3) is 5.80. The highest BCUT2D eigenvalue weighted by Crippen LogP contribution is 2.37. The number of rotatable bonds is 8. The van der Waals surface area contributed by atoms with E-state index in [1.165, 1.54) is 41.7 Å². The molecule has 1 saturated heterocycles. The smallest absolute Gasteiger partial charge is 0.243 e. The van der Waals surface area contributed by atoms with Crippen LogP contribution in [0.4, 0.5) is 10.1 Å². The highest BCUT2D eigenvalue weighted by Gasteiger charge is 2.27. The molecule has 0 atom stereocenters. The number of halogens is 1. The van der Waals surface area contributed by atoms with E-state index in [-0.39, 0.29) is 28.3 Å². The van der Waals surface area contributed by atoms with Crippen molar-refractivity contribution in [2.45, 2.75) is 30.6 Å². The first-order valence-electron chi connectivity index (χ1n) is 11.4. The summed E-state index contributed by atoms with van der Waals surface area (Å²) in [5, 5.41) is 2.71. The molecule has 1 heterocycles. The molecular formula is C26H27FN2O5S. The minimum Gasteiger partial charge on any atom is -0.493 e. The maximum Gasteiger partial charge on any atom is 0.243 e. The number of carbonyl (C=O) groups excluding carboxylic acids is 1. The van der Waals surface area contributed by atoms with Crippen molar-refractivity contribution < 1.29 is 27.1 Å². The number of amides is 1. The Morgan fingerprint density at radius 2 is 1.63 bits per heavy atom. The Kier molecular flexibility index (Phi) is 7.67. The number of hydrogen-bond acceptors (Lipinski definition) is 5. The Labute approximate surface area is 204 Å².